The van der Waals surface area contributed by atoms with Gasteiger partial charge >= 0.3 is 0 Å². The number of carbonyl (C=O) groups is 2. The Bertz CT molecular complexity index is 1000. The molecule has 1 saturated heterocycles. The summed E-state index contributed by atoms with van der Waals surface area (Å²) in [7, 11) is 0. The van der Waals surface area contributed by atoms with Crippen molar-refractivity contribution in [1.82, 2.24) is 0 Å². The van der Waals surface area contributed by atoms with Crippen LogP contribution in [0.2, 0.25) is 0 Å². The zero-order valence-corrected chi connectivity index (χ0v) is 20.3. The van der Waals surface area contributed by atoms with Crippen LogP contribution in [-0.2, 0) is 31.9 Å². The molecule has 0 aliphatic carbocycles. The lowest BCUT2D eigenvalue weighted by atomic mass is 9.97. The molecule has 37 heavy (non-hydrogen) atoms. The van der Waals surface area contributed by atoms with Crippen LogP contribution in [0.4, 0.5) is 0 Å². The quantitative estimate of drug-likeness (QED) is 0.208. The van der Waals surface area contributed by atoms with Gasteiger partial charge in [0, 0.05) is 12.8 Å². The number of ketones is 2. The molecule has 1 fully saturated rings. The minimum atomic E-state index is -1.63. The highest BCUT2D eigenvalue weighted by Gasteiger charge is 2.45. The van der Waals surface area contributed by atoms with Gasteiger partial charge in [0.15, 0.2) is 12.1 Å². The van der Waals surface area contributed by atoms with Gasteiger partial charge in [0.25, 0.3) is 0 Å². The van der Waals surface area contributed by atoms with E-state index >= 15 is 0 Å². The maximum Gasteiger partial charge on any atom is 0.200 e. The molecule has 1 heterocycles. The zero-order chi connectivity index (χ0) is 26.9. The van der Waals surface area contributed by atoms with Crippen molar-refractivity contribution in [2.45, 2.75) is 75.3 Å². The van der Waals surface area contributed by atoms with Crippen molar-refractivity contribution in [1.29, 1.82) is 0 Å². The third kappa shape index (κ3) is 8.32. The normalized spacial score (nSPS) is 24.5. The van der Waals surface area contributed by atoms with E-state index in [9.17, 15) is 40.2 Å². The van der Waals surface area contributed by atoms with E-state index in [0.717, 1.165) is 11.1 Å². The third-order valence-electron chi connectivity index (χ3n) is 6.40. The SMILES string of the molecule is O=C(CCCc1ccc(O)cc1)C(=O)CC(CCc1ccc(O)cc1)OC1OC(CO)C(O)C(O)C1O. The number of carbonyl (C=O) groups excluding carboxylic acids is 2. The van der Waals surface area contributed by atoms with Gasteiger partial charge in [0.2, 0.25) is 5.78 Å². The monoisotopic (exact) mass is 518 g/mol. The van der Waals surface area contributed by atoms with Gasteiger partial charge in [-0.15, -0.1) is 0 Å². The van der Waals surface area contributed by atoms with E-state index in [1.165, 1.54) is 12.1 Å². The Hall–Kier alpha value is -2.86. The predicted octanol–water partition coefficient (Wildman–Crippen LogP) is 0.767. The number of hydrogen-bond donors (Lipinski definition) is 6. The number of Topliss-reactive ketones (excluding diaryl/α,β-unsaturated/α-hetero) is 2. The summed E-state index contributed by atoms with van der Waals surface area (Å²) < 4.78 is 11.2. The average Bonchev–Trinajstić information content (AvgIpc) is 2.89. The first kappa shape index (κ1) is 28.7. The van der Waals surface area contributed by atoms with Crippen molar-refractivity contribution < 1.29 is 49.7 Å². The molecule has 10 heteroatoms. The molecule has 1 aliphatic heterocycles. The van der Waals surface area contributed by atoms with Crippen LogP contribution in [0.5, 0.6) is 11.5 Å². The summed E-state index contributed by atoms with van der Waals surface area (Å²) >= 11 is 0. The molecule has 2 aromatic rings. The first-order valence-electron chi connectivity index (χ1n) is 12.3. The van der Waals surface area contributed by atoms with Gasteiger partial charge in [-0.05, 0) is 61.1 Å². The number of aliphatic hydroxyl groups excluding tert-OH is 4. The third-order valence-corrected chi connectivity index (χ3v) is 6.40. The van der Waals surface area contributed by atoms with Crippen LogP contribution >= 0.6 is 0 Å². The number of phenolic OH excluding ortho intramolecular Hbond substituents is 2. The highest BCUT2D eigenvalue weighted by atomic mass is 16.7. The van der Waals surface area contributed by atoms with Gasteiger partial charge in [-0.1, -0.05) is 24.3 Å². The van der Waals surface area contributed by atoms with E-state index in [0.29, 0.717) is 19.3 Å². The van der Waals surface area contributed by atoms with Crippen LogP contribution in [0.1, 0.15) is 36.8 Å². The van der Waals surface area contributed by atoms with E-state index in [4.69, 9.17) is 9.47 Å². The largest absolute Gasteiger partial charge is 0.508 e. The van der Waals surface area contributed by atoms with Crippen LogP contribution in [-0.4, -0.2) is 85.6 Å². The molecule has 1 aliphatic rings. The highest BCUT2D eigenvalue weighted by molar-refractivity contribution is 6.37. The molecule has 6 atom stereocenters. The average molecular weight is 519 g/mol. The van der Waals surface area contributed by atoms with Gasteiger partial charge in [0.05, 0.1) is 12.7 Å². The number of benzene rings is 2. The fraction of sp³-hybridized carbons (Fsp3) is 0.481. The second-order valence-corrected chi connectivity index (χ2v) is 9.23. The molecule has 6 N–H and O–H groups in total. The second kappa shape index (κ2) is 13.6. The summed E-state index contributed by atoms with van der Waals surface area (Å²) in [5.41, 5.74) is 1.77. The molecular formula is C27H34O10. The maximum atomic E-state index is 12.7. The minimum absolute atomic E-state index is 0.0322. The van der Waals surface area contributed by atoms with E-state index in [2.05, 4.69) is 0 Å². The number of aliphatic hydroxyl groups is 4. The molecule has 0 bridgehead atoms. The summed E-state index contributed by atoms with van der Waals surface area (Å²) in [6.45, 7) is -0.624. The van der Waals surface area contributed by atoms with Crippen LogP contribution < -0.4 is 0 Å². The summed E-state index contributed by atoms with van der Waals surface area (Å²) in [4.78, 5) is 25.3. The molecule has 3 rings (SSSR count). The number of phenols is 2. The zero-order valence-electron chi connectivity index (χ0n) is 20.3. The van der Waals surface area contributed by atoms with Gasteiger partial charge in [-0.3, -0.25) is 9.59 Å². The first-order valence-corrected chi connectivity index (χ1v) is 12.3. The number of rotatable bonds is 13. The van der Waals surface area contributed by atoms with Gasteiger partial charge in [-0.25, -0.2) is 0 Å². The standard InChI is InChI=1S/C27H34O10/c28-15-23-24(33)25(34)26(35)27(37-23)36-20(13-8-17-6-11-19(30)12-7-17)14-22(32)21(31)3-1-2-16-4-9-18(29)10-5-16/h4-7,9-12,20,23-30,33-35H,1-3,8,13-15H2. The lowest BCUT2D eigenvalue weighted by molar-refractivity contribution is -0.311. The molecule has 0 spiro atoms. The second-order valence-electron chi connectivity index (χ2n) is 9.23. The summed E-state index contributed by atoms with van der Waals surface area (Å²) in [6.07, 6.45) is -6.86. The Labute approximate surface area is 214 Å². The molecule has 0 aromatic heterocycles. The van der Waals surface area contributed by atoms with Crippen molar-refractivity contribution in [2.24, 2.45) is 0 Å². The van der Waals surface area contributed by atoms with Crippen molar-refractivity contribution in [3.05, 3.63) is 59.7 Å². The number of aromatic hydroxyl groups is 2. The van der Waals surface area contributed by atoms with Crippen molar-refractivity contribution in [3.8, 4) is 11.5 Å². The predicted molar refractivity (Wildman–Crippen MR) is 131 cm³/mol. The molecule has 202 valence electrons. The molecule has 10 nitrogen and oxygen atoms in total. The number of hydrogen-bond acceptors (Lipinski definition) is 10. The van der Waals surface area contributed by atoms with E-state index in [1.807, 2.05) is 0 Å². The molecule has 0 saturated carbocycles. The Kier molecular flexibility index (Phi) is 10.6. The molecule has 0 amide bonds. The lowest BCUT2D eigenvalue weighted by Gasteiger charge is -2.40. The van der Waals surface area contributed by atoms with Crippen LogP contribution in [0, 0.1) is 0 Å². The Balaban J connectivity index is 1.61. The van der Waals surface area contributed by atoms with Crippen LogP contribution in [0.3, 0.4) is 0 Å². The summed E-state index contributed by atoms with van der Waals surface area (Å²) in [5.74, 6) is -0.962. The smallest absolute Gasteiger partial charge is 0.200 e. The van der Waals surface area contributed by atoms with Gasteiger partial charge in [0.1, 0.15) is 35.9 Å². The molecule has 0 radical (unpaired) electrons. The Morgan fingerprint density at radius 1 is 0.811 bits per heavy atom. The van der Waals surface area contributed by atoms with Crippen molar-refractivity contribution in [3.63, 3.8) is 0 Å². The van der Waals surface area contributed by atoms with E-state index in [-0.39, 0.29) is 30.8 Å². The van der Waals surface area contributed by atoms with Gasteiger partial charge < -0.3 is 40.1 Å². The Morgan fingerprint density at radius 2 is 1.38 bits per heavy atom. The highest BCUT2D eigenvalue weighted by Crippen LogP contribution is 2.25. The number of ether oxygens (including phenoxy) is 2. The Morgan fingerprint density at radius 3 is 1.95 bits per heavy atom. The summed E-state index contributed by atoms with van der Waals surface area (Å²) in [6, 6.07) is 13.0. The van der Waals surface area contributed by atoms with Crippen LogP contribution in [0.15, 0.2) is 48.5 Å². The topological polar surface area (TPSA) is 174 Å². The van der Waals surface area contributed by atoms with Crippen LogP contribution in [0.25, 0.3) is 0 Å². The summed E-state index contributed by atoms with van der Waals surface area (Å²) in [5, 5.41) is 58.7. The minimum Gasteiger partial charge on any atom is -0.508 e. The van der Waals surface area contributed by atoms with E-state index in [1.54, 1.807) is 36.4 Å². The molecular weight excluding hydrogens is 484 g/mol. The van der Waals surface area contributed by atoms with Crippen molar-refractivity contribution in [2.75, 3.05) is 6.61 Å². The fourth-order valence-corrected chi connectivity index (χ4v) is 4.15. The maximum absolute atomic E-state index is 12.7. The van der Waals surface area contributed by atoms with E-state index < -0.39 is 55.0 Å². The lowest BCUT2D eigenvalue weighted by Crippen LogP contribution is -2.59. The molecule has 6 unspecified atom stereocenters. The molecule has 2 aromatic carbocycles. The fourth-order valence-electron chi connectivity index (χ4n) is 4.15. The van der Waals surface area contributed by atoms with Crippen molar-refractivity contribution >= 4 is 11.6 Å². The van der Waals surface area contributed by atoms with Gasteiger partial charge in [-0.2, -0.15) is 0 Å². The number of aryl methyl sites for hydroxylation is 2. The first-order chi connectivity index (χ1) is 17.7.